The zero-order valence-corrected chi connectivity index (χ0v) is 21.7. The van der Waals surface area contributed by atoms with E-state index in [-0.39, 0.29) is 11.8 Å². The van der Waals surface area contributed by atoms with E-state index < -0.39 is 11.9 Å². The number of benzene rings is 1. The first-order chi connectivity index (χ1) is 17.5. The van der Waals surface area contributed by atoms with Crippen LogP contribution in [0.1, 0.15) is 95.0 Å². The molecule has 6 heteroatoms. The lowest BCUT2D eigenvalue weighted by Crippen LogP contribution is -2.50. The van der Waals surface area contributed by atoms with E-state index in [4.69, 9.17) is 0 Å². The molecule has 4 aliphatic rings. The van der Waals surface area contributed by atoms with Crippen LogP contribution in [0.3, 0.4) is 0 Å². The minimum Gasteiger partial charge on any atom is -0.508 e. The second kappa shape index (κ2) is 11.5. The van der Waals surface area contributed by atoms with E-state index in [2.05, 4.69) is 15.9 Å². The summed E-state index contributed by atoms with van der Waals surface area (Å²) in [6.45, 7) is 2.42. The summed E-state index contributed by atoms with van der Waals surface area (Å²) < 4.78 is 0. The van der Waals surface area contributed by atoms with E-state index in [0.29, 0.717) is 36.1 Å². The molecule has 1 amide bonds. The fourth-order valence-electron chi connectivity index (χ4n) is 7.86. The van der Waals surface area contributed by atoms with Crippen LogP contribution in [0, 0.1) is 17.8 Å². The number of piperidine rings is 1. The summed E-state index contributed by atoms with van der Waals surface area (Å²) in [6.07, 6.45) is 14.1. The number of amides is 1. The number of hydrogen-bond donors (Lipinski definition) is 2. The SMILES string of the molecule is O=C(O)C1CCCCC1C(=O)N(CCN1[C@@H]2CC[C@H]1CC(c1cccc(O)c1)C2)CC1CCCCC1. The van der Waals surface area contributed by atoms with Crippen LogP contribution in [-0.2, 0) is 9.59 Å². The first-order valence-corrected chi connectivity index (χ1v) is 14.6. The lowest BCUT2D eigenvalue weighted by molar-refractivity contribution is -0.152. The van der Waals surface area contributed by atoms with Crippen LogP contribution in [-0.4, -0.2) is 63.6 Å². The van der Waals surface area contributed by atoms with Crippen molar-refractivity contribution in [3.05, 3.63) is 29.8 Å². The maximum Gasteiger partial charge on any atom is 0.307 e. The molecule has 2 bridgehead atoms. The smallest absolute Gasteiger partial charge is 0.307 e. The van der Waals surface area contributed by atoms with Crippen molar-refractivity contribution >= 4 is 11.9 Å². The van der Waals surface area contributed by atoms with Gasteiger partial charge in [0.15, 0.2) is 0 Å². The Bertz CT molecular complexity index is 900. The molecule has 0 radical (unpaired) electrons. The Morgan fingerprint density at radius 1 is 0.889 bits per heavy atom. The van der Waals surface area contributed by atoms with Crippen molar-refractivity contribution in [2.45, 2.75) is 101 Å². The predicted octanol–water partition coefficient (Wildman–Crippen LogP) is 5.40. The molecular formula is C30H44N2O4. The van der Waals surface area contributed by atoms with E-state index >= 15 is 0 Å². The van der Waals surface area contributed by atoms with Crippen LogP contribution in [0.5, 0.6) is 5.75 Å². The van der Waals surface area contributed by atoms with E-state index in [1.54, 1.807) is 6.07 Å². The largest absolute Gasteiger partial charge is 0.508 e. The van der Waals surface area contributed by atoms with Crippen LogP contribution in [0.2, 0.25) is 0 Å². The highest BCUT2D eigenvalue weighted by atomic mass is 16.4. The van der Waals surface area contributed by atoms with Crippen molar-refractivity contribution in [1.29, 1.82) is 0 Å². The summed E-state index contributed by atoms with van der Waals surface area (Å²) in [6, 6.07) is 8.82. The maximum absolute atomic E-state index is 13.8. The Kier molecular flexibility index (Phi) is 8.19. The van der Waals surface area contributed by atoms with Gasteiger partial charge in [-0.3, -0.25) is 14.5 Å². The molecule has 4 fully saturated rings. The topological polar surface area (TPSA) is 81.1 Å². The first-order valence-electron chi connectivity index (χ1n) is 14.6. The van der Waals surface area contributed by atoms with Gasteiger partial charge >= 0.3 is 5.97 Å². The van der Waals surface area contributed by atoms with Crippen LogP contribution < -0.4 is 0 Å². The number of fused-ring (bicyclic) bond motifs is 2. The number of carbonyl (C=O) groups is 2. The first kappa shape index (κ1) is 25.6. The normalized spacial score (nSPS) is 31.3. The van der Waals surface area contributed by atoms with Gasteiger partial charge in [-0.05, 0) is 80.9 Å². The van der Waals surface area contributed by atoms with Crippen molar-refractivity contribution in [1.82, 2.24) is 9.80 Å². The van der Waals surface area contributed by atoms with Crippen molar-refractivity contribution < 1.29 is 19.8 Å². The maximum atomic E-state index is 13.8. The Morgan fingerprint density at radius 2 is 1.56 bits per heavy atom. The summed E-state index contributed by atoms with van der Waals surface area (Å²) >= 11 is 0. The van der Waals surface area contributed by atoms with Gasteiger partial charge in [-0.1, -0.05) is 44.2 Å². The number of rotatable bonds is 8. The zero-order valence-electron chi connectivity index (χ0n) is 21.7. The lowest BCUT2D eigenvalue weighted by Gasteiger charge is -2.41. The molecule has 0 aromatic heterocycles. The van der Waals surface area contributed by atoms with E-state index in [0.717, 1.165) is 51.7 Å². The zero-order chi connectivity index (χ0) is 25.1. The molecule has 2 aliphatic heterocycles. The van der Waals surface area contributed by atoms with E-state index in [9.17, 15) is 19.8 Å². The number of aromatic hydroxyl groups is 1. The van der Waals surface area contributed by atoms with Crippen molar-refractivity contribution in [3.63, 3.8) is 0 Å². The van der Waals surface area contributed by atoms with Crippen LogP contribution in [0.15, 0.2) is 24.3 Å². The van der Waals surface area contributed by atoms with Gasteiger partial charge in [0.05, 0.1) is 11.8 Å². The number of carboxylic acids is 1. The number of phenols is 1. The minimum absolute atomic E-state index is 0.106. The molecule has 2 saturated carbocycles. The average molecular weight is 497 g/mol. The Balaban J connectivity index is 1.25. The third-order valence-corrected chi connectivity index (χ3v) is 9.77. The summed E-state index contributed by atoms with van der Waals surface area (Å²) in [5, 5.41) is 19.8. The predicted molar refractivity (Wildman–Crippen MR) is 140 cm³/mol. The Labute approximate surface area is 216 Å². The number of carboxylic acid groups (broad SMARTS) is 1. The molecule has 6 nitrogen and oxygen atoms in total. The van der Waals surface area contributed by atoms with Gasteiger partial charge in [0.2, 0.25) is 5.91 Å². The van der Waals surface area contributed by atoms with Gasteiger partial charge in [0.1, 0.15) is 5.75 Å². The summed E-state index contributed by atoms with van der Waals surface area (Å²) in [4.78, 5) is 30.5. The molecule has 0 spiro atoms. The molecule has 36 heavy (non-hydrogen) atoms. The molecule has 2 N–H and O–H groups in total. The number of aliphatic carboxylic acids is 1. The lowest BCUT2D eigenvalue weighted by atomic mass is 9.78. The van der Waals surface area contributed by atoms with E-state index in [1.807, 2.05) is 12.1 Å². The van der Waals surface area contributed by atoms with Gasteiger partial charge in [0, 0.05) is 31.7 Å². The molecule has 3 unspecified atom stereocenters. The molecule has 1 aromatic rings. The fraction of sp³-hybridized carbons (Fsp3) is 0.733. The molecule has 2 aliphatic carbocycles. The molecule has 5 atom stereocenters. The number of hydrogen-bond acceptors (Lipinski definition) is 4. The third-order valence-electron chi connectivity index (χ3n) is 9.77. The van der Waals surface area contributed by atoms with Gasteiger partial charge in [-0.2, -0.15) is 0 Å². The average Bonchev–Trinajstić information content (AvgIpc) is 3.12. The molecule has 2 saturated heterocycles. The molecule has 5 rings (SSSR count). The number of phenolic OH excluding ortho intramolecular Hbond substituents is 1. The van der Waals surface area contributed by atoms with Gasteiger partial charge in [-0.25, -0.2) is 0 Å². The quantitative estimate of drug-likeness (QED) is 0.503. The third kappa shape index (κ3) is 5.74. The molecule has 1 aromatic carbocycles. The molecule has 198 valence electrons. The van der Waals surface area contributed by atoms with E-state index in [1.165, 1.54) is 50.5 Å². The highest BCUT2D eigenvalue weighted by Gasteiger charge is 2.42. The number of nitrogens with zero attached hydrogens (tertiary/aromatic N) is 2. The van der Waals surface area contributed by atoms with Gasteiger partial charge in [-0.15, -0.1) is 0 Å². The summed E-state index contributed by atoms with van der Waals surface area (Å²) in [5.74, 6) is -0.163. The fourth-order valence-corrected chi connectivity index (χ4v) is 7.86. The van der Waals surface area contributed by atoms with Gasteiger partial charge in [0.25, 0.3) is 0 Å². The van der Waals surface area contributed by atoms with Crippen LogP contribution >= 0.6 is 0 Å². The molecular weight excluding hydrogens is 452 g/mol. The summed E-state index contributed by atoms with van der Waals surface area (Å²) in [7, 11) is 0. The van der Waals surface area contributed by atoms with Crippen molar-refractivity contribution in [2.24, 2.45) is 17.8 Å². The van der Waals surface area contributed by atoms with Crippen molar-refractivity contribution in [2.75, 3.05) is 19.6 Å². The van der Waals surface area contributed by atoms with Crippen LogP contribution in [0.4, 0.5) is 0 Å². The summed E-state index contributed by atoms with van der Waals surface area (Å²) in [5.41, 5.74) is 1.25. The second-order valence-corrected chi connectivity index (χ2v) is 12.0. The molecule has 2 heterocycles. The second-order valence-electron chi connectivity index (χ2n) is 12.0. The van der Waals surface area contributed by atoms with Crippen molar-refractivity contribution in [3.8, 4) is 5.75 Å². The number of carbonyl (C=O) groups excluding carboxylic acids is 1. The standard InChI is InChI=1S/C30H44N2O4/c33-26-10-6-9-22(19-26)23-17-24-13-14-25(18-23)32(24)16-15-31(20-21-7-2-1-3-8-21)29(34)27-11-4-5-12-28(27)30(35)36/h6,9-10,19,21,23-25,27-28,33H,1-5,7-8,11-18,20H2,(H,35,36)/t23?,24-,25+,27?,28?. The monoisotopic (exact) mass is 496 g/mol. The highest BCUT2D eigenvalue weighted by molar-refractivity contribution is 5.85. The highest BCUT2D eigenvalue weighted by Crippen LogP contribution is 2.43. The van der Waals surface area contributed by atoms with Gasteiger partial charge < -0.3 is 15.1 Å². The van der Waals surface area contributed by atoms with Crippen LogP contribution in [0.25, 0.3) is 0 Å². The Hall–Kier alpha value is -2.08. The minimum atomic E-state index is -0.794. The Morgan fingerprint density at radius 3 is 2.22 bits per heavy atom.